The summed E-state index contributed by atoms with van der Waals surface area (Å²) in [5.41, 5.74) is 0. The molecule has 0 aliphatic rings. The molecule has 0 saturated carbocycles. The van der Waals surface area contributed by atoms with E-state index in [9.17, 15) is 14.4 Å². The Balaban J connectivity index is 4.23. The summed E-state index contributed by atoms with van der Waals surface area (Å²) in [6, 6.07) is -1.08. The summed E-state index contributed by atoms with van der Waals surface area (Å²) < 4.78 is 0. The van der Waals surface area contributed by atoms with Gasteiger partial charge in [0, 0.05) is 18.7 Å². The highest BCUT2D eigenvalue weighted by atomic mass is 16.4. The van der Waals surface area contributed by atoms with Crippen LogP contribution in [-0.2, 0) is 14.4 Å². The molecule has 0 saturated heterocycles. The zero-order valence-electron chi connectivity index (χ0n) is 8.06. The molecule has 0 aromatic heterocycles. The quantitative estimate of drug-likeness (QED) is 0.398. The number of hydrogen-bond donors (Lipinski definition) is 4. The zero-order chi connectivity index (χ0) is 11.8. The van der Waals surface area contributed by atoms with Crippen LogP contribution in [0.3, 0.4) is 0 Å². The van der Waals surface area contributed by atoms with Crippen LogP contribution in [-0.4, -0.2) is 47.7 Å². The fourth-order valence-corrected chi connectivity index (χ4v) is 0.771. The highest BCUT2D eigenvalue weighted by Gasteiger charge is 2.17. The van der Waals surface area contributed by atoms with Gasteiger partial charge in [0.2, 0.25) is 5.91 Å². The Kier molecular flexibility index (Phi) is 5.72. The maximum Gasteiger partial charge on any atom is 0.328 e. The number of rotatable bonds is 6. The average Bonchev–Trinajstić information content (AvgIpc) is 2.14. The van der Waals surface area contributed by atoms with Crippen LogP contribution in [0.5, 0.6) is 0 Å². The van der Waals surface area contributed by atoms with E-state index in [4.69, 9.17) is 10.2 Å². The first-order chi connectivity index (χ1) is 6.97. The van der Waals surface area contributed by atoms with E-state index in [0.29, 0.717) is 6.08 Å². The Morgan fingerprint density at radius 2 is 1.87 bits per heavy atom. The largest absolute Gasteiger partial charge is 0.480 e. The Morgan fingerprint density at radius 3 is 2.27 bits per heavy atom. The number of hydrogen-bond acceptors (Lipinski definition) is 4. The predicted octanol–water partition coefficient (Wildman–Crippen LogP) is -1.58. The van der Waals surface area contributed by atoms with Gasteiger partial charge < -0.3 is 20.8 Å². The first kappa shape index (κ1) is 13.1. The maximum atomic E-state index is 11.0. The molecule has 7 nitrogen and oxygen atoms in total. The number of nitrogens with one attached hydrogen (secondary N) is 2. The fraction of sp³-hybridized carbons (Fsp3) is 0.375. The Morgan fingerprint density at radius 1 is 1.27 bits per heavy atom. The Labute approximate surface area is 85.8 Å². The van der Waals surface area contributed by atoms with E-state index < -0.39 is 23.9 Å². The van der Waals surface area contributed by atoms with E-state index in [1.54, 1.807) is 0 Å². The van der Waals surface area contributed by atoms with Crippen LogP contribution in [0.1, 0.15) is 0 Å². The van der Waals surface area contributed by atoms with Gasteiger partial charge >= 0.3 is 11.9 Å². The van der Waals surface area contributed by atoms with Crippen LogP contribution in [0, 0.1) is 0 Å². The molecule has 1 amide bonds. The second-order valence-corrected chi connectivity index (χ2v) is 2.63. The summed E-state index contributed by atoms with van der Waals surface area (Å²) in [7, 11) is 1.54. The topological polar surface area (TPSA) is 116 Å². The summed E-state index contributed by atoms with van der Waals surface area (Å²) >= 11 is 0. The highest BCUT2D eigenvalue weighted by molar-refractivity contribution is 5.95. The van der Waals surface area contributed by atoms with Crippen molar-refractivity contribution in [3.05, 3.63) is 12.2 Å². The molecule has 4 N–H and O–H groups in total. The second-order valence-electron chi connectivity index (χ2n) is 2.63. The third-order valence-electron chi connectivity index (χ3n) is 1.40. The van der Waals surface area contributed by atoms with Crippen molar-refractivity contribution in [1.29, 1.82) is 0 Å². The summed E-state index contributed by atoms with van der Waals surface area (Å²) in [6.45, 7) is 0.0575. The van der Waals surface area contributed by atoms with Crippen LogP contribution < -0.4 is 10.6 Å². The lowest BCUT2D eigenvalue weighted by Crippen LogP contribution is -2.46. The second kappa shape index (κ2) is 6.55. The lowest BCUT2D eigenvalue weighted by molar-refractivity contribution is -0.141. The lowest BCUT2D eigenvalue weighted by atomic mass is 10.3. The minimum Gasteiger partial charge on any atom is -0.480 e. The molecule has 0 spiro atoms. The molecule has 0 radical (unpaired) electrons. The molecule has 0 aliphatic carbocycles. The van der Waals surface area contributed by atoms with Gasteiger partial charge in [-0.2, -0.15) is 0 Å². The van der Waals surface area contributed by atoms with E-state index in [1.807, 2.05) is 0 Å². The first-order valence-corrected chi connectivity index (χ1v) is 4.06. The molecule has 15 heavy (non-hydrogen) atoms. The summed E-state index contributed by atoms with van der Waals surface area (Å²) in [5.74, 6) is -3.23. The molecule has 84 valence electrons. The van der Waals surface area contributed by atoms with E-state index in [-0.39, 0.29) is 6.54 Å². The van der Waals surface area contributed by atoms with Crippen LogP contribution >= 0.6 is 0 Å². The molecule has 0 bridgehead atoms. The highest BCUT2D eigenvalue weighted by Crippen LogP contribution is 1.84. The number of carboxylic acid groups (broad SMARTS) is 2. The van der Waals surface area contributed by atoms with Crippen LogP contribution in [0.4, 0.5) is 0 Å². The summed E-state index contributed by atoms with van der Waals surface area (Å²) in [6.07, 6.45) is 1.39. The van der Waals surface area contributed by atoms with Gasteiger partial charge in [-0.05, 0) is 7.05 Å². The zero-order valence-corrected chi connectivity index (χ0v) is 8.06. The predicted molar refractivity (Wildman–Crippen MR) is 50.3 cm³/mol. The van der Waals surface area contributed by atoms with Crippen molar-refractivity contribution in [1.82, 2.24) is 10.6 Å². The van der Waals surface area contributed by atoms with Gasteiger partial charge in [-0.3, -0.25) is 4.79 Å². The van der Waals surface area contributed by atoms with Crippen LogP contribution in [0.15, 0.2) is 12.2 Å². The van der Waals surface area contributed by atoms with Gasteiger partial charge in [0.25, 0.3) is 0 Å². The number of aliphatic carboxylic acids is 2. The smallest absolute Gasteiger partial charge is 0.328 e. The average molecular weight is 216 g/mol. The molecule has 0 heterocycles. The molecule has 0 aromatic carbocycles. The summed E-state index contributed by atoms with van der Waals surface area (Å²) in [4.78, 5) is 31.6. The minimum atomic E-state index is -1.27. The maximum absolute atomic E-state index is 11.0. The molecule has 0 aliphatic heterocycles. The van der Waals surface area contributed by atoms with E-state index in [1.165, 1.54) is 7.05 Å². The van der Waals surface area contributed by atoms with Gasteiger partial charge in [-0.1, -0.05) is 0 Å². The third kappa shape index (κ3) is 6.22. The molecular weight excluding hydrogens is 204 g/mol. The van der Waals surface area contributed by atoms with E-state index in [2.05, 4.69) is 10.6 Å². The van der Waals surface area contributed by atoms with Gasteiger partial charge in [0.1, 0.15) is 6.04 Å². The van der Waals surface area contributed by atoms with Crippen molar-refractivity contribution < 1.29 is 24.6 Å². The number of carbonyl (C=O) groups excluding carboxylic acids is 1. The minimum absolute atomic E-state index is 0.0575. The molecule has 0 fully saturated rings. The van der Waals surface area contributed by atoms with Crippen molar-refractivity contribution >= 4 is 17.8 Å². The molecule has 0 aromatic rings. The van der Waals surface area contributed by atoms with Gasteiger partial charge in [-0.25, -0.2) is 9.59 Å². The van der Waals surface area contributed by atoms with Gasteiger partial charge in [-0.15, -0.1) is 0 Å². The van der Waals surface area contributed by atoms with Crippen molar-refractivity contribution in [2.75, 3.05) is 13.6 Å². The van der Waals surface area contributed by atoms with Crippen LogP contribution in [0.25, 0.3) is 0 Å². The van der Waals surface area contributed by atoms with E-state index >= 15 is 0 Å². The SMILES string of the molecule is CNCC(NC(=O)/C=C\C(=O)O)C(=O)O. The molecule has 1 unspecified atom stereocenters. The molecule has 1 atom stereocenters. The number of carbonyl (C=O) groups is 3. The lowest BCUT2D eigenvalue weighted by Gasteiger charge is -2.11. The Bertz CT molecular complexity index is 287. The molecule has 7 heteroatoms. The van der Waals surface area contributed by atoms with Gasteiger partial charge in [0.15, 0.2) is 0 Å². The van der Waals surface area contributed by atoms with Crippen LogP contribution in [0.2, 0.25) is 0 Å². The summed E-state index contributed by atoms with van der Waals surface area (Å²) in [5, 5.41) is 21.6. The van der Waals surface area contributed by atoms with Crippen molar-refractivity contribution in [2.24, 2.45) is 0 Å². The van der Waals surface area contributed by atoms with Crippen molar-refractivity contribution in [2.45, 2.75) is 6.04 Å². The Hall–Kier alpha value is -1.89. The normalized spacial score (nSPS) is 12.3. The number of amides is 1. The monoisotopic (exact) mass is 216 g/mol. The number of carboxylic acids is 2. The molecular formula is C8H12N2O5. The number of likely N-dealkylation sites (N-methyl/N-ethyl adjacent to an activating group) is 1. The fourth-order valence-electron chi connectivity index (χ4n) is 0.771. The third-order valence-corrected chi connectivity index (χ3v) is 1.40. The van der Waals surface area contributed by atoms with Crippen molar-refractivity contribution in [3.63, 3.8) is 0 Å². The van der Waals surface area contributed by atoms with Gasteiger partial charge in [0.05, 0.1) is 0 Å². The standard InChI is InChI=1S/C8H12N2O5/c1-9-4-5(8(14)15)10-6(11)2-3-7(12)13/h2-3,5,9H,4H2,1H3,(H,10,11)(H,12,13)(H,14,15)/b3-2-. The van der Waals surface area contributed by atoms with Crippen molar-refractivity contribution in [3.8, 4) is 0 Å². The molecule has 0 rings (SSSR count). The first-order valence-electron chi connectivity index (χ1n) is 4.06. The van der Waals surface area contributed by atoms with E-state index in [0.717, 1.165) is 6.08 Å².